The molecular formula is C19H21N3O4. The highest BCUT2D eigenvalue weighted by atomic mass is 16.6. The fourth-order valence-corrected chi connectivity index (χ4v) is 2.46. The maximum absolute atomic E-state index is 11.8. The van der Waals surface area contributed by atoms with Crippen LogP contribution in [0.25, 0.3) is 0 Å². The first kappa shape index (κ1) is 19.1. The molecule has 0 unspecified atom stereocenters. The van der Waals surface area contributed by atoms with E-state index in [1.807, 2.05) is 19.1 Å². The summed E-state index contributed by atoms with van der Waals surface area (Å²) in [5.41, 5.74) is 5.42. The van der Waals surface area contributed by atoms with Gasteiger partial charge in [-0.3, -0.25) is 14.9 Å². The molecule has 2 N–H and O–H groups in total. The fraction of sp³-hybridized carbons (Fsp3) is 0.263. The predicted octanol–water partition coefficient (Wildman–Crippen LogP) is 3.39. The SMILES string of the molecule is Cc1cc(CCCC(=O)N/N=C\c2ccc(C)c([N+](=O)[O-])c2)ccc1O. The van der Waals surface area contributed by atoms with Gasteiger partial charge in [-0.15, -0.1) is 0 Å². The Morgan fingerprint density at radius 1 is 1.23 bits per heavy atom. The molecule has 0 fully saturated rings. The second kappa shape index (κ2) is 8.75. The fourth-order valence-electron chi connectivity index (χ4n) is 2.46. The molecule has 0 bridgehead atoms. The molecule has 0 aliphatic rings. The number of carbonyl (C=O) groups is 1. The Kier molecular flexibility index (Phi) is 6.43. The molecule has 1 amide bonds. The van der Waals surface area contributed by atoms with Gasteiger partial charge >= 0.3 is 0 Å². The molecule has 7 heteroatoms. The van der Waals surface area contributed by atoms with Gasteiger partial charge in [0.15, 0.2) is 0 Å². The average molecular weight is 355 g/mol. The molecular weight excluding hydrogens is 334 g/mol. The van der Waals surface area contributed by atoms with Crippen molar-refractivity contribution in [3.8, 4) is 5.75 Å². The number of carbonyl (C=O) groups excluding carboxylic acids is 1. The minimum atomic E-state index is -0.448. The molecule has 2 rings (SSSR count). The van der Waals surface area contributed by atoms with E-state index in [-0.39, 0.29) is 17.3 Å². The molecule has 2 aromatic carbocycles. The Bertz CT molecular complexity index is 847. The van der Waals surface area contributed by atoms with Crippen LogP contribution in [0.2, 0.25) is 0 Å². The first-order valence-corrected chi connectivity index (χ1v) is 8.22. The van der Waals surface area contributed by atoms with E-state index in [1.165, 1.54) is 12.3 Å². The normalized spacial score (nSPS) is 10.8. The van der Waals surface area contributed by atoms with Crippen LogP contribution >= 0.6 is 0 Å². The smallest absolute Gasteiger partial charge is 0.272 e. The van der Waals surface area contributed by atoms with E-state index >= 15 is 0 Å². The van der Waals surface area contributed by atoms with E-state index in [0.29, 0.717) is 24.0 Å². The lowest BCUT2D eigenvalue weighted by Crippen LogP contribution is -2.17. The van der Waals surface area contributed by atoms with Crippen molar-refractivity contribution in [2.24, 2.45) is 5.10 Å². The lowest BCUT2D eigenvalue weighted by molar-refractivity contribution is -0.385. The third-order valence-corrected chi connectivity index (χ3v) is 3.96. The number of nitrogens with zero attached hydrogens (tertiary/aromatic N) is 2. The van der Waals surface area contributed by atoms with E-state index in [0.717, 1.165) is 17.5 Å². The van der Waals surface area contributed by atoms with Gasteiger partial charge in [0.2, 0.25) is 5.91 Å². The van der Waals surface area contributed by atoms with Crippen molar-refractivity contribution < 1.29 is 14.8 Å². The number of aryl methyl sites for hydroxylation is 3. The molecule has 0 aliphatic carbocycles. The number of aromatic hydroxyl groups is 1. The van der Waals surface area contributed by atoms with Crippen molar-refractivity contribution in [2.45, 2.75) is 33.1 Å². The summed E-state index contributed by atoms with van der Waals surface area (Å²) >= 11 is 0. The number of rotatable bonds is 7. The van der Waals surface area contributed by atoms with Crippen molar-refractivity contribution in [1.29, 1.82) is 0 Å². The number of benzene rings is 2. The van der Waals surface area contributed by atoms with E-state index < -0.39 is 4.92 Å². The Morgan fingerprint density at radius 2 is 2.00 bits per heavy atom. The van der Waals surface area contributed by atoms with Gasteiger partial charge in [-0.05, 0) is 43.9 Å². The average Bonchev–Trinajstić information content (AvgIpc) is 2.59. The lowest BCUT2D eigenvalue weighted by Gasteiger charge is -2.04. The molecule has 0 saturated carbocycles. The third-order valence-electron chi connectivity index (χ3n) is 3.96. The second-order valence-electron chi connectivity index (χ2n) is 6.07. The number of phenolic OH excluding ortho intramolecular Hbond substituents is 1. The number of nitrogens with one attached hydrogen (secondary N) is 1. The monoisotopic (exact) mass is 355 g/mol. The summed E-state index contributed by atoms with van der Waals surface area (Å²) in [5, 5.41) is 24.2. The lowest BCUT2D eigenvalue weighted by atomic mass is 10.1. The summed E-state index contributed by atoms with van der Waals surface area (Å²) in [4.78, 5) is 22.3. The maximum Gasteiger partial charge on any atom is 0.272 e. The van der Waals surface area contributed by atoms with Crippen LogP contribution in [0.4, 0.5) is 5.69 Å². The highest BCUT2D eigenvalue weighted by molar-refractivity contribution is 5.83. The zero-order chi connectivity index (χ0) is 19.1. The molecule has 0 aliphatic heterocycles. The van der Waals surface area contributed by atoms with Crippen molar-refractivity contribution >= 4 is 17.8 Å². The van der Waals surface area contributed by atoms with Crippen LogP contribution < -0.4 is 5.43 Å². The number of amides is 1. The van der Waals surface area contributed by atoms with Gasteiger partial charge in [0.1, 0.15) is 5.75 Å². The van der Waals surface area contributed by atoms with Crippen molar-refractivity contribution in [3.05, 3.63) is 68.8 Å². The summed E-state index contributed by atoms with van der Waals surface area (Å²) < 4.78 is 0. The Morgan fingerprint density at radius 3 is 2.69 bits per heavy atom. The van der Waals surface area contributed by atoms with Crippen LogP contribution in [0.5, 0.6) is 5.75 Å². The minimum absolute atomic E-state index is 0.0180. The van der Waals surface area contributed by atoms with Crippen LogP contribution in [0.15, 0.2) is 41.5 Å². The largest absolute Gasteiger partial charge is 0.508 e. The molecule has 0 spiro atoms. The Balaban J connectivity index is 1.81. The van der Waals surface area contributed by atoms with Gasteiger partial charge in [-0.1, -0.05) is 24.3 Å². The van der Waals surface area contributed by atoms with Gasteiger partial charge in [0.05, 0.1) is 11.1 Å². The number of phenols is 1. The summed E-state index contributed by atoms with van der Waals surface area (Å²) in [7, 11) is 0. The quantitative estimate of drug-likeness (QED) is 0.451. The molecule has 0 radical (unpaired) electrons. The summed E-state index contributed by atoms with van der Waals surface area (Å²) in [6.45, 7) is 3.49. The molecule has 136 valence electrons. The number of hydrogen-bond donors (Lipinski definition) is 2. The van der Waals surface area contributed by atoms with Crippen LogP contribution in [0.1, 0.15) is 35.1 Å². The molecule has 0 aromatic heterocycles. The first-order chi connectivity index (χ1) is 12.4. The zero-order valence-corrected chi connectivity index (χ0v) is 14.7. The first-order valence-electron chi connectivity index (χ1n) is 8.22. The van der Waals surface area contributed by atoms with Gasteiger partial charge in [-0.25, -0.2) is 5.43 Å². The minimum Gasteiger partial charge on any atom is -0.508 e. The van der Waals surface area contributed by atoms with Crippen LogP contribution in [-0.2, 0) is 11.2 Å². The summed E-state index contributed by atoms with van der Waals surface area (Å²) in [5.74, 6) is 0.0375. The zero-order valence-electron chi connectivity index (χ0n) is 14.7. The van der Waals surface area contributed by atoms with E-state index in [9.17, 15) is 20.0 Å². The standard InChI is InChI=1S/C19H21N3O4/c1-13-6-7-16(11-17(13)22(25)26)12-20-21-19(24)5-3-4-15-8-9-18(23)14(2)10-15/h6-12,23H,3-5H2,1-2H3,(H,21,24)/b20-12-. The summed E-state index contributed by atoms with van der Waals surface area (Å²) in [6, 6.07) is 10.1. The van der Waals surface area contributed by atoms with Gasteiger partial charge in [0.25, 0.3) is 5.69 Å². The van der Waals surface area contributed by atoms with Gasteiger partial charge < -0.3 is 5.11 Å². The van der Waals surface area contributed by atoms with E-state index in [1.54, 1.807) is 25.1 Å². The van der Waals surface area contributed by atoms with Crippen LogP contribution in [-0.4, -0.2) is 22.2 Å². The highest BCUT2D eigenvalue weighted by Gasteiger charge is 2.10. The number of nitro groups is 1. The second-order valence-corrected chi connectivity index (χ2v) is 6.07. The van der Waals surface area contributed by atoms with E-state index in [4.69, 9.17) is 0 Å². The molecule has 0 saturated heterocycles. The van der Waals surface area contributed by atoms with Crippen molar-refractivity contribution in [3.63, 3.8) is 0 Å². The topological polar surface area (TPSA) is 105 Å². The molecule has 26 heavy (non-hydrogen) atoms. The molecule has 7 nitrogen and oxygen atoms in total. The summed E-state index contributed by atoms with van der Waals surface area (Å²) in [6.07, 6.45) is 3.07. The predicted molar refractivity (Wildman–Crippen MR) is 99.4 cm³/mol. The Hall–Kier alpha value is -3.22. The van der Waals surface area contributed by atoms with Crippen molar-refractivity contribution in [1.82, 2.24) is 5.43 Å². The van der Waals surface area contributed by atoms with Crippen LogP contribution in [0, 0.1) is 24.0 Å². The molecule has 2 aromatic rings. The van der Waals surface area contributed by atoms with Gasteiger partial charge in [0, 0.05) is 23.6 Å². The number of nitro benzene ring substituents is 1. The Labute approximate surface area is 151 Å². The maximum atomic E-state index is 11.8. The van der Waals surface area contributed by atoms with Crippen molar-refractivity contribution in [2.75, 3.05) is 0 Å². The third kappa shape index (κ3) is 5.41. The van der Waals surface area contributed by atoms with Gasteiger partial charge in [-0.2, -0.15) is 5.10 Å². The molecule has 0 atom stereocenters. The van der Waals surface area contributed by atoms with E-state index in [2.05, 4.69) is 10.5 Å². The molecule has 0 heterocycles. The number of hydrogen-bond acceptors (Lipinski definition) is 5. The van der Waals surface area contributed by atoms with Crippen LogP contribution in [0.3, 0.4) is 0 Å². The number of hydrazone groups is 1. The highest BCUT2D eigenvalue weighted by Crippen LogP contribution is 2.19.